The third-order valence-electron chi connectivity index (χ3n) is 20.8. The second kappa shape index (κ2) is 43.6. The second-order valence-electron chi connectivity index (χ2n) is 30.8. The minimum atomic E-state index is -1.18. The number of unbranched alkanes of at least 4 members (excludes halogenated alkanes) is 2. The molecule has 2 aliphatic heterocycles. The number of benzene rings is 3. The van der Waals surface area contributed by atoms with Crippen LogP contribution in [0.1, 0.15) is 64.5 Å². The van der Waals surface area contributed by atoms with Crippen molar-refractivity contribution < 1.29 is 105 Å². The van der Waals surface area contributed by atoms with E-state index in [2.05, 4.69) is 16.0 Å². The quantitative estimate of drug-likeness (QED) is 0.0249. The molecule has 2 aromatic heterocycles. The first-order chi connectivity index (χ1) is 57.9. The van der Waals surface area contributed by atoms with Crippen molar-refractivity contribution in [2.75, 3.05) is 189 Å². The Hall–Kier alpha value is -13.5. The van der Waals surface area contributed by atoms with Crippen molar-refractivity contribution in [3.63, 3.8) is 0 Å². The topological polar surface area (TPSA) is 449 Å². The fourth-order valence-electron chi connectivity index (χ4n) is 12.6. The predicted molar refractivity (Wildman–Crippen MR) is 445 cm³/mol. The lowest BCUT2D eigenvalue weighted by Gasteiger charge is -2.27. The molecule has 41 nitrogen and oxygen atoms in total. The van der Waals surface area contributed by atoms with Crippen LogP contribution in [0.15, 0.2) is 65.6 Å². The number of anilines is 1. The highest BCUT2D eigenvalue weighted by molar-refractivity contribution is 6.15. The number of imide groups is 1. The molecule has 5 aromatic rings. The van der Waals surface area contributed by atoms with Crippen molar-refractivity contribution in [2.45, 2.75) is 85.2 Å². The Bertz CT molecular complexity index is 4990. The number of pyridine rings is 2. The molecule has 41 heteroatoms. The van der Waals surface area contributed by atoms with Gasteiger partial charge in [-0.1, -0.05) is 26.3 Å². The normalized spacial score (nSPS) is 12.4. The third kappa shape index (κ3) is 26.0. The number of ether oxygens (including phenoxy) is 5. The molecule has 0 bridgehead atoms. The summed E-state index contributed by atoms with van der Waals surface area (Å²) in [6, 6.07) is 9.08. The molecule has 0 saturated carbocycles. The minimum Gasteiger partial charge on any atom is -0.493 e. The van der Waals surface area contributed by atoms with Gasteiger partial charge >= 0.3 is 6.09 Å². The predicted octanol–water partition coefficient (Wildman–Crippen LogP) is -0.651. The fourth-order valence-corrected chi connectivity index (χ4v) is 12.6. The van der Waals surface area contributed by atoms with E-state index in [-0.39, 0.29) is 69.5 Å². The summed E-state index contributed by atoms with van der Waals surface area (Å²) in [6.07, 6.45) is 4.66. The molecule has 666 valence electrons. The van der Waals surface area contributed by atoms with E-state index in [9.17, 15) is 86.3 Å². The van der Waals surface area contributed by atoms with Crippen LogP contribution in [0.4, 0.5) is 10.5 Å². The van der Waals surface area contributed by atoms with Gasteiger partial charge in [0.05, 0.1) is 96.1 Å². The lowest BCUT2D eigenvalue weighted by molar-refractivity contribution is -0.146. The summed E-state index contributed by atoms with van der Waals surface area (Å²) in [5.74, 6) is -8.18. The Balaban J connectivity index is 0.947. The van der Waals surface area contributed by atoms with Gasteiger partial charge in [-0.25, -0.2) is 4.79 Å². The Morgan fingerprint density at radius 1 is 0.472 bits per heavy atom. The van der Waals surface area contributed by atoms with Crippen molar-refractivity contribution in [2.24, 2.45) is 5.92 Å². The molecule has 0 fully saturated rings. The summed E-state index contributed by atoms with van der Waals surface area (Å²) < 4.78 is 30.0. The summed E-state index contributed by atoms with van der Waals surface area (Å²) in [4.78, 5) is 257. The van der Waals surface area contributed by atoms with E-state index in [0.717, 1.165) is 49.0 Å². The van der Waals surface area contributed by atoms with Gasteiger partial charge in [-0.05, 0) is 67.1 Å². The average Bonchev–Trinajstić information content (AvgIpc) is 1.72. The summed E-state index contributed by atoms with van der Waals surface area (Å²) in [5, 5.41) is 10.1. The van der Waals surface area contributed by atoms with E-state index < -0.39 is 177 Å². The smallest absolute Gasteiger partial charge is 0.409 e. The molecule has 0 unspecified atom stereocenters. The first-order valence-corrected chi connectivity index (χ1v) is 39.3. The fraction of sp³-hybridized carbons (Fsp3) is 0.500. The molecular weight excluding hydrogens is 1610 g/mol. The number of carbonyl (C=O) groups is 17. The van der Waals surface area contributed by atoms with Crippen LogP contribution < -0.4 is 40.5 Å². The van der Waals surface area contributed by atoms with Gasteiger partial charge in [0, 0.05) is 170 Å². The Labute approximate surface area is 710 Å². The standard InChI is InChI=1S/C82H110N18O23/c1-49(2)77(86-64(102)22-20-19-21-27-99-65(103)25-26-66(99)104)80(116)84-50(3)79(115)85-54-24-23-52(47-121-82(118)87(5)28-29-100-78-57-33-62-63(123-48-122-62)34-59(57)83-35-58(78)55-31-60(119-17)61(120-18)32-56(55)81(100)117)53(30-54)36-89(7)68(106)38-91(9)70(108)40-93(11)72(110)42-95(13)74(112)44-97(15)76(114)46-98(16)75(113)45-96(14)73(111)43-94(12)71(109)41-92(10)69(107)39-90(8)67(105)37-88(6)51(4)101/h23-26,30-35,49-50,77H,19-22,27-29,36-48H2,1-18H3,(H,84,116)(H,85,115)(H,86,102)/t50-,77-/m0/s1. The van der Waals surface area contributed by atoms with Crippen LogP contribution in [0.5, 0.6) is 23.0 Å². The van der Waals surface area contributed by atoms with Crippen LogP contribution in [-0.2, 0) is 101 Å². The maximum atomic E-state index is 14.8. The van der Waals surface area contributed by atoms with E-state index >= 15 is 0 Å². The number of nitrogens with one attached hydrogen (secondary N) is 3. The first kappa shape index (κ1) is 96.6. The number of rotatable bonds is 41. The number of hydrogen-bond donors (Lipinski definition) is 3. The van der Waals surface area contributed by atoms with E-state index in [1.165, 1.54) is 156 Å². The number of aromatic nitrogens is 2. The molecule has 0 spiro atoms. The monoisotopic (exact) mass is 1710 g/mol. The molecule has 0 aliphatic carbocycles. The molecule has 0 radical (unpaired) electrons. The zero-order valence-corrected chi connectivity index (χ0v) is 72.7. The zero-order valence-electron chi connectivity index (χ0n) is 72.7. The average molecular weight is 1720 g/mol. The summed E-state index contributed by atoms with van der Waals surface area (Å²) >= 11 is 0. The molecule has 2 atom stereocenters. The zero-order chi connectivity index (χ0) is 91.3. The number of nitrogens with zero attached hydrogens (tertiary/aromatic N) is 15. The SMILES string of the molecule is COc1cc2c(=O)n(CCN(C)C(=O)OCc3ccc(NC(=O)[C@H](C)NC(=O)[C@@H](NC(=O)CCCCCN4C(=O)C=CC4=O)C(C)C)cc3CN(C)C(=O)CN(C)C(=O)CN(C)C(=O)CN(C)C(=O)CN(C)C(=O)CN(C)C(=O)CN(C)C(=O)CN(C)C(=O)CN(C)C(=O)CN(C)C(=O)CN(C)C(C)=O)c3c4cc5c(cc4ncc3c2cc1OC)OCO5. The highest BCUT2D eigenvalue weighted by atomic mass is 16.7. The third-order valence-corrected chi connectivity index (χ3v) is 20.8. The largest absolute Gasteiger partial charge is 0.493 e. The molecule has 0 saturated heterocycles. The number of hydrogen-bond acceptors (Lipinski definition) is 24. The lowest BCUT2D eigenvalue weighted by atomic mass is 10.0. The summed E-state index contributed by atoms with van der Waals surface area (Å²) in [5.41, 5.74) is 1.44. The molecule has 3 N–H and O–H groups in total. The second-order valence-corrected chi connectivity index (χ2v) is 30.8. The minimum absolute atomic E-state index is 0.0188. The van der Waals surface area contributed by atoms with Crippen LogP contribution >= 0.6 is 0 Å². The van der Waals surface area contributed by atoms with E-state index in [0.29, 0.717) is 80.6 Å². The Morgan fingerprint density at radius 2 is 0.911 bits per heavy atom. The number of likely N-dealkylation sites (N-methyl/N-ethyl adjacent to an activating group) is 12. The van der Waals surface area contributed by atoms with Gasteiger partial charge in [0.1, 0.15) is 18.7 Å². The molecule has 17 amide bonds. The van der Waals surface area contributed by atoms with Crippen molar-refractivity contribution in [3.8, 4) is 23.0 Å². The van der Waals surface area contributed by atoms with Gasteiger partial charge in [-0.3, -0.25) is 91.4 Å². The Morgan fingerprint density at radius 3 is 1.36 bits per heavy atom. The van der Waals surface area contributed by atoms with Gasteiger partial charge in [0.15, 0.2) is 23.0 Å². The summed E-state index contributed by atoms with van der Waals surface area (Å²) in [6.45, 7) is 0.816. The van der Waals surface area contributed by atoms with Gasteiger partial charge in [-0.2, -0.15) is 0 Å². The molecule has 123 heavy (non-hydrogen) atoms. The molecule has 4 heterocycles. The number of carbonyl (C=O) groups excluding carboxylic acids is 17. The summed E-state index contributed by atoms with van der Waals surface area (Å²) in [7, 11) is 19.1. The van der Waals surface area contributed by atoms with Crippen LogP contribution in [0, 0.1) is 5.92 Å². The number of amides is 17. The van der Waals surface area contributed by atoms with E-state index in [4.69, 9.17) is 28.7 Å². The first-order valence-electron chi connectivity index (χ1n) is 39.3. The van der Waals surface area contributed by atoms with E-state index in [1.54, 1.807) is 50.4 Å². The number of fused-ring (bicyclic) bond motifs is 6. The molecule has 7 rings (SSSR count). The van der Waals surface area contributed by atoms with Gasteiger partial charge in [0.25, 0.3) is 17.4 Å². The van der Waals surface area contributed by atoms with Crippen molar-refractivity contribution in [1.29, 1.82) is 0 Å². The van der Waals surface area contributed by atoms with Crippen molar-refractivity contribution in [1.82, 2.24) is 83.9 Å². The highest BCUT2D eigenvalue weighted by Gasteiger charge is 2.32. The maximum Gasteiger partial charge on any atom is 0.409 e. The highest BCUT2D eigenvalue weighted by Crippen LogP contribution is 2.40. The van der Waals surface area contributed by atoms with Gasteiger partial charge in [-0.15, -0.1) is 0 Å². The van der Waals surface area contributed by atoms with Crippen molar-refractivity contribution in [3.05, 3.63) is 82.3 Å². The van der Waals surface area contributed by atoms with Gasteiger partial charge in [0.2, 0.25) is 89.5 Å². The van der Waals surface area contributed by atoms with Crippen LogP contribution in [-0.4, -0.2) is 370 Å². The van der Waals surface area contributed by atoms with Crippen LogP contribution in [0.25, 0.3) is 32.6 Å². The lowest BCUT2D eigenvalue weighted by Crippen LogP contribution is -2.53. The van der Waals surface area contributed by atoms with Crippen LogP contribution in [0.3, 0.4) is 0 Å². The Kier molecular flexibility index (Phi) is 34.3. The molecule has 3 aromatic carbocycles. The van der Waals surface area contributed by atoms with Crippen LogP contribution in [0.2, 0.25) is 0 Å². The van der Waals surface area contributed by atoms with Crippen molar-refractivity contribution >= 4 is 139 Å². The number of methoxy groups -OCH3 is 2. The van der Waals surface area contributed by atoms with Gasteiger partial charge < -0.3 is 103 Å². The maximum absolute atomic E-state index is 14.8. The molecular formula is C82H110N18O23. The van der Waals surface area contributed by atoms with E-state index in [1.807, 2.05) is 0 Å². The molecule has 2 aliphatic rings.